The molecule has 0 saturated heterocycles. The molecule has 2 heterocycles. The van der Waals surface area contributed by atoms with Gasteiger partial charge in [-0.3, -0.25) is 19.7 Å². The van der Waals surface area contributed by atoms with E-state index in [-0.39, 0.29) is 47.1 Å². The van der Waals surface area contributed by atoms with Gasteiger partial charge in [0.25, 0.3) is 11.2 Å². The van der Waals surface area contributed by atoms with Crippen LogP contribution in [0.5, 0.6) is 0 Å². The highest BCUT2D eigenvalue weighted by Gasteiger charge is 2.20. The number of benzene rings is 2. The van der Waals surface area contributed by atoms with Gasteiger partial charge in [0, 0.05) is 49.0 Å². The average Bonchev–Trinajstić information content (AvgIpc) is 3.35. The van der Waals surface area contributed by atoms with Crippen LogP contribution >= 0.6 is 0 Å². The predicted octanol–water partition coefficient (Wildman–Crippen LogP) is 3.07. The number of non-ortho nitro benzene ring substituents is 1. The smallest absolute Gasteiger partial charge is 0.272 e. The molecule has 1 amide bonds. The number of hydrogen-bond acceptors (Lipinski definition) is 9. The topological polar surface area (TPSA) is 169 Å². The molecular weight excluding hydrogens is 466 g/mol. The van der Waals surface area contributed by atoms with Crippen LogP contribution in [0.4, 0.5) is 11.5 Å². The van der Waals surface area contributed by atoms with Gasteiger partial charge in [-0.15, -0.1) is 0 Å². The summed E-state index contributed by atoms with van der Waals surface area (Å²) in [5.41, 5.74) is -0.169. The Morgan fingerprint density at radius 1 is 1.14 bits per heavy atom. The maximum Gasteiger partial charge on any atom is 0.272 e. The number of carbonyl (C=O) groups excluding carboxylic acids is 1. The molecule has 0 bridgehead atoms. The van der Waals surface area contributed by atoms with Gasteiger partial charge >= 0.3 is 0 Å². The van der Waals surface area contributed by atoms with Gasteiger partial charge in [0.05, 0.1) is 10.3 Å². The molecular formula is C24H25N7O5. The number of H-pyrrole nitrogens is 1. The van der Waals surface area contributed by atoms with E-state index in [9.17, 15) is 19.7 Å². The van der Waals surface area contributed by atoms with Gasteiger partial charge in [0.1, 0.15) is 0 Å². The van der Waals surface area contributed by atoms with E-state index < -0.39 is 4.92 Å². The van der Waals surface area contributed by atoms with Crippen LogP contribution < -0.4 is 16.2 Å². The van der Waals surface area contributed by atoms with Crippen molar-refractivity contribution in [3.8, 4) is 11.4 Å². The van der Waals surface area contributed by atoms with Crippen molar-refractivity contribution in [2.24, 2.45) is 5.41 Å². The Labute approximate surface area is 205 Å². The third-order valence-corrected chi connectivity index (χ3v) is 5.54. The molecule has 4 aromatic rings. The number of nitrogens with one attached hydrogen (secondary N) is 3. The minimum Gasteiger partial charge on any atom is -0.368 e. The van der Waals surface area contributed by atoms with Crippen LogP contribution in [0, 0.1) is 15.5 Å². The first-order valence-corrected chi connectivity index (χ1v) is 11.3. The number of nitrogens with zero attached hydrogens (tertiary/aromatic N) is 4. The minimum atomic E-state index is -0.495. The highest BCUT2D eigenvalue weighted by molar-refractivity contribution is 5.90. The second-order valence-corrected chi connectivity index (χ2v) is 9.06. The van der Waals surface area contributed by atoms with E-state index in [0.29, 0.717) is 29.9 Å². The molecule has 0 unspecified atom stereocenters. The van der Waals surface area contributed by atoms with Crippen molar-refractivity contribution in [3.63, 3.8) is 0 Å². The normalized spacial score (nSPS) is 11.4. The van der Waals surface area contributed by atoms with E-state index in [1.54, 1.807) is 24.3 Å². The summed E-state index contributed by atoms with van der Waals surface area (Å²) in [6.07, 6.45) is 0.381. The van der Waals surface area contributed by atoms with Crippen molar-refractivity contribution >= 4 is 28.2 Å². The van der Waals surface area contributed by atoms with Gasteiger partial charge in [-0.05, 0) is 11.5 Å². The Morgan fingerprint density at radius 2 is 1.92 bits per heavy atom. The summed E-state index contributed by atoms with van der Waals surface area (Å²) in [4.78, 5) is 39.0. The second kappa shape index (κ2) is 10.3. The first-order chi connectivity index (χ1) is 17.2. The lowest BCUT2D eigenvalue weighted by Crippen LogP contribution is -2.38. The Hall–Kier alpha value is -4.61. The number of nitro groups is 1. The highest BCUT2D eigenvalue weighted by Crippen LogP contribution is 2.22. The third-order valence-electron chi connectivity index (χ3n) is 5.54. The molecule has 12 nitrogen and oxygen atoms in total. The van der Waals surface area contributed by atoms with Crippen molar-refractivity contribution in [1.29, 1.82) is 0 Å². The third kappa shape index (κ3) is 5.90. The lowest BCUT2D eigenvalue weighted by molar-refractivity contribution is -0.384. The molecule has 0 atom stereocenters. The van der Waals surface area contributed by atoms with E-state index >= 15 is 0 Å². The standard InChI is InChI=1S/C24H25N7O5/c1-24(2,14-26-22-17-8-3-4-9-18(17)23(33)29-28-22)13-25-19(32)10-11-20-27-21(30-36-20)15-6-5-7-16(12-15)31(34)35/h3-9,12H,10-11,13-14H2,1-2H3,(H,25,32)(H,26,28)(H,29,33). The molecule has 186 valence electrons. The Kier molecular flexibility index (Phi) is 7.04. The molecule has 0 spiro atoms. The Balaban J connectivity index is 1.27. The molecule has 0 saturated carbocycles. The average molecular weight is 492 g/mol. The van der Waals surface area contributed by atoms with Crippen LogP contribution in [0.2, 0.25) is 0 Å². The molecule has 2 aromatic heterocycles. The molecule has 4 rings (SSSR count). The van der Waals surface area contributed by atoms with Crippen LogP contribution in [0.15, 0.2) is 57.8 Å². The molecule has 2 aromatic carbocycles. The maximum atomic E-state index is 12.4. The fraction of sp³-hybridized carbons (Fsp3) is 0.292. The summed E-state index contributed by atoms with van der Waals surface area (Å²) in [5, 5.41) is 28.9. The van der Waals surface area contributed by atoms with Gasteiger partial charge < -0.3 is 15.2 Å². The number of hydrogen-bond donors (Lipinski definition) is 3. The van der Waals surface area contributed by atoms with Crippen LogP contribution in [-0.4, -0.2) is 44.3 Å². The Bertz CT molecular complexity index is 1460. The van der Waals surface area contributed by atoms with Crippen molar-refractivity contribution in [3.05, 3.63) is 74.9 Å². The monoisotopic (exact) mass is 491 g/mol. The molecule has 0 aliphatic rings. The molecule has 12 heteroatoms. The zero-order chi connectivity index (χ0) is 25.7. The SMILES string of the molecule is CC(C)(CNC(=O)CCc1nc(-c2cccc([N+](=O)[O-])c2)no1)CNc1n[nH]c(=O)c2ccccc12. The molecule has 0 fully saturated rings. The minimum absolute atomic E-state index is 0.0696. The largest absolute Gasteiger partial charge is 0.368 e. The van der Waals surface area contributed by atoms with Gasteiger partial charge in [0.15, 0.2) is 5.82 Å². The fourth-order valence-electron chi connectivity index (χ4n) is 3.51. The summed E-state index contributed by atoms with van der Waals surface area (Å²) < 4.78 is 5.19. The summed E-state index contributed by atoms with van der Waals surface area (Å²) in [7, 11) is 0. The molecule has 0 radical (unpaired) electrons. The van der Waals surface area contributed by atoms with Crippen molar-refractivity contribution in [2.45, 2.75) is 26.7 Å². The number of aromatic amines is 1. The number of aryl methyl sites for hydroxylation is 1. The zero-order valence-electron chi connectivity index (χ0n) is 19.8. The van der Waals surface area contributed by atoms with Gasteiger partial charge in [-0.25, -0.2) is 5.10 Å². The van der Waals surface area contributed by atoms with Crippen LogP contribution in [0.25, 0.3) is 22.2 Å². The lowest BCUT2D eigenvalue weighted by Gasteiger charge is -2.25. The fourth-order valence-corrected chi connectivity index (χ4v) is 3.51. The van der Waals surface area contributed by atoms with E-state index in [4.69, 9.17) is 4.52 Å². The maximum absolute atomic E-state index is 12.4. The van der Waals surface area contributed by atoms with E-state index in [2.05, 4.69) is 31.0 Å². The van der Waals surface area contributed by atoms with E-state index in [1.807, 2.05) is 26.0 Å². The Morgan fingerprint density at radius 3 is 2.69 bits per heavy atom. The first-order valence-electron chi connectivity index (χ1n) is 11.3. The molecule has 36 heavy (non-hydrogen) atoms. The lowest BCUT2D eigenvalue weighted by atomic mass is 9.93. The number of carbonyl (C=O) groups is 1. The van der Waals surface area contributed by atoms with Crippen LogP contribution in [0.1, 0.15) is 26.2 Å². The van der Waals surface area contributed by atoms with Crippen molar-refractivity contribution in [1.82, 2.24) is 25.7 Å². The van der Waals surface area contributed by atoms with Crippen molar-refractivity contribution < 1.29 is 14.2 Å². The van der Waals surface area contributed by atoms with Crippen LogP contribution in [0.3, 0.4) is 0 Å². The first kappa shape index (κ1) is 24.5. The second-order valence-electron chi connectivity index (χ2n) is 9.06. The van der Waals surface area contributed by atoms with Crippen LogP contribution in [-0.2, 0) is 11.2 Å². The number of anilines is 1. The summed E-state index contributed by atoms with van der Waals surface area (Å²) >= 11 is 0. The summed E-state index contributed by atoms with van der Waals surface area (Å²) in [6.45, 7) is 4.91. The highest BCUT2D eigenvalue weighted by atomic mass is 16.6. The predicted molar refractivity (Wildman–Crippen MR) is 132 cm³/mol. The quantitative estimate of drug-likeness (QED) is 0.223. The number of fused-ring (bicyclic) bond motifs is 1. The molecule has 3 N–H and O–H groups in total. The summed E-state index contributed by atoms with van der Waals surface area (Å²) in [5.74, 6) is 0.889. The zero-order valence-corrected chi connectivity index (χ0v) is 19.8. The van der Waals surface area contributed by atoms with Gasteiger partial charge in [-0.1, -0.05) is 49.3 Å². The number of nitro benzene ring substituents is 1. The molecule has 0 aliphatic carbocycles. The summed E-state index contributed by atoms with van der Waals surface area (Å²) in [6, 6.07) is 13.1. The van der Waals surface area contributed by atoms with E-state index in [1.165, 1.54) is 12.1 Å². The molecule has 0 aliphatic heterocycles. The van der Waals surface area contributed by atoms with Crippen molar-refractivity contribution in [2.75, 3.05) is 18.4 Å². The number of amides is 1. The number of rotatable bonds is 10. The van der Waals surface area contributed by atoms with Gasteiger partial charge in [-0.2, -0.15) is 10.1 Å². The van der Waals surface area contributed by atoms with Gasteiger partial charge in [0.2, 0.25) is 17.6 Å². The van der Waals surface area contributed by atoms with E-state index in [0.717, 1.165) is 5.39 Å². The number of aromatic nitrogens is 4.